The third-order valence-electron chi connectivity index (χ3n) is 4.42. The van der Waals surface area contributed by atoms with Gasteiger partial charge in [-0.05, 0) is 25.5 Å². The van der Waals surface area contributed by atoms with Crippen molar-refractivity contribution in [1.82, 2.24) is 15.3 Å². The Bertz CT molecular complexity index is 814. The van der Waals surface area contributed by atoms with E-state index in [1.165, 1.54) is 18.7 Å². The number of nitrogens with one attached hydrogen (secondary N) is 1. The SMILES string of the molecule is Cc1ccc(N(C(=O)[C@H](F)Cl)[C@@H](C(=O)NC2CCOC2)c2cncnc2)cc1. The number of hydrogen-bond acceptors (Lipinski definition) is 5. The highest BCUT2D eigenvalue weighted by Crippen LogP contribution is 2.29. The molecule has 2 amide bonds. The summed E-state index contributed by atoms with van der Waals surface area (Å²) in [4.78, 5) is 34.7. The van der Waals surface area contributed by atoms with Gasteiger partial charge < -0.3 is 10.1 Å². The maximum absolute atomic E-state index is 13.8. The Balaban J connectivity index is 2.03. The Labute approximate surface area is 166 Å². The lowest BCUT2D eigenvalue weighted by Crippen LogP contribution is -2.48. The number of rotatable bonds is 6. The fourth-order valence-electron chi connectivity index (χ4n) is 3.01. The van der Waals surface area contributed by atoms with Crippen LogP contribution in [0.2, 0.25) is 0 Å². The predicted molar refractivity (Wildman–Crippen MR) is 102 cm³/mol. The van der Waals surface area contributed by atoms with E-state index in [1.807, 2.05) is 6.92 Å². The maximum atomic E-state index is 13.8. The Kier molecular flexibility index (Phi) is 6.53. The van der Waals surface area contributed by atoms with E-state index in [0.717, 1.165) is 10.5 Å². The molecule has 2 aromatic rings. The van der Waals surface area contributed by atoms with Crippen LogP contribution in [-0.2, 0) is 14.3 Å². The smallest absolute Gasteiger partial charge is 0.278 e. The number of alkyl halides is 2. The van der Waals surface area contributed by atoms with Crippen molar-refractivity contribution in [3.63, 3.8) is 0 Å². The molecule has 1 saturated heterocycles. The molecular weight excluding hydrogens is 387 g/mol. The van der Waals surface area contributed by atoms with E-state index < -0.39 is 23.5 Å². The highest BCUT2D eigenvalue weighted by molar-refractivity contribution is 6.32. The van der Waals surface area contributed by atoms with Crippen molar-refractivity contribution in [1.29, 1.82) is 0 Å². The summed E-state index contributed by atoms with van der Waals surface area (Å²) in [6.07, 6.45) is 4.79. The molecule has 0 spiro atoms. The van der Waals surface area contributed by atoms with Gasteiger partial charge in [-0.1, -0.05) is 29.3 Å². The van der Waals surface area contributed by atoms with Crippen LogP contribution in [0.15, 0.2) is 43.0 Å². The van der Waals surface area contributed by atoms with Crippen molar-refractivity contribution in [3.05, 3.63) is 54.1 Å². The Morgan fingerprint density at radius 1 is 1.29 bits per heavy atom. The van der Waals surface area contributed by atoms with E-state index in [9.17, 15) is 14.0 Å². The third kappa shape index (κ3) is 4.63. The van der Waals surface area contributed by atoms with Crippen LogP contribution in [0, 0.1) is 6.92 Å². The lowest BCUT2D eigenvalue weighted by Gasteiger charge is -2.31. The van der Waals surface area contributed by atoms with Gasteiger partial charge >= 0.3 is 0 Å². The summed E-state index contributed by atoms with van der Waals surface area (Å²) in [5, 5.41) is 2.85. The van der Waals surface area contributed by atoms with Crippen molar-refractivity contribution < 1.29 is 18.7 Å². The molecule has 1 aliphatic heterocycles. The van der Waals surface area contributed by atoms with E-state index >= 15 is 0 Å². The van der Waals surface area contributed by atoms with Crippen LogP contribution >= 0.6 is 11.6 Å². The molecule has 9 heteroatoms. The molecule has 1 fully saturated rings. The van der Waals surface area contributed by atoms with Crippen molar-refractivity contribution in [2.75, 3.05) is 18.1 Å². The van der Waals surface area contributed by atoms with Crippen LogP contribution in [0.25, 0.3) is 0 Å². The van der Waals surface area contributed by atoms with Crippen molar-refractivity contribution in [3.8, 4) is 0 Å². The second kappa shape index (κ2) is 9.07. The van der Waals surface area contributed by atoms with Crippen LogP contribution in [0.5, 0.6) is 0 Å². The van der Waals surface area contributed by atoms with Gasteiger partial charge in [0, 0.05) is 30.3 Å². The second-order valence-corrected chi connectivity index (χ2v) is 6.87. The fraction of sp³-hybridized carbons (Fsp3) is 0.368. The minimum absolute atomic E-state index is 0.188. The number of hydrogen-bond donors (Lipinski definition) is 1. The van der Waals surface area contributed by atoms with Gasteiger partial charge in [0.1, 0.15) is 12.4 Å². The Morgan fingerprint density at radius 3 is 2.54 bits per heavy atom. The third-order valence-corrected chi connectivity index (χ3v) is 4.60. The number of amides is 2. The topological polar surface area (TPSA) is 84.4 Å². The van der Waals surface area contributed by atoms with Crippen molar-refractivity contribution >= 4 is 29.1 Å². The number of ether oxygens (including phenoxy) is 1. The number of carbonyl (C=O) groups excluding carboxylic acids is 2. The van der Waals surface area contributed by atoms with Crippen molar-refractivity contribution in [2.45, 2.75) is 31.1 Å². The number of carbonyl (C=O) groups is 2. The zero-order chi connectivity index (χ0) is 20.1. The quantitative estimate of drug-likeness (QED) is 0.744. The van der Waals surface area contributed by atoms with Gasteiger partial charge in [-0.25, -0.2) is 14.4 Å². The average Bonchev–Trinajstić information content (AvgIpc) is 3.20. The lowest BCUT2D eigenvalue weighted by atomic mass is 10.1. The summed E-state index contributed by atoms with van der Waals surface area (Å²) in [6, 6.07) is 5.42. The first-order valence-corrected chi connectivity index (χ1v) is 9.22. The van der Waals surface area contributed by atoms with E-state index in [1.54, 1.807) is 24.3 Å². The first-order chi connectivity index (χ1) is 13.5. The zero-order valence-corrected chi connectivity index (χ0v) is 16.0. The largest absolute Gasteiger partial charge is 0.379 e. The molecule has 0 saturated carbocycles. The number of aromatic nitrogens is 2. The highest BCUT2D eigenvalue weighted by atomic mass is 35.5. The highest BCUT2D eigenvalue weighted by Gasteiger charge is 2.37. The normalized spacial score (nSPS) is 18.3. The molecule has 148 valence electrons. The summed E-state index contributed by atoms with van der Waals surface area (Å²) in [5.41, 5.74) is -0.683. The molecule has 28 heavy (non-hydrogen) atoms. The minimum atomic E-state index is -2.31. The first kappa shape index (κ1) is 20.2. The van der Waals surface area contributed by atoms with Crippen molar-refractivity contribution in [2.24, 2.45) is 0 Å². The maximum Gasteiger partial charge on any atom is 0.278 e. The molecular formula is C19H20ClFN4O3. The van der Waals surface area contributed by atoms with Crippen LogP contribution in [0.3, 0.4) is 0 Å². The summed E-state index contributed by atoms with van der Waals surface area (Å²) in [5.74, 6) is -1.53. The molecule has 2 heterocycles. The molecule has 3 rings (SSSR count). The summed E-state index contributed by atoms with van der Waals surface area (Å²) < 4.78 is 19.1. The van der Waals surface area contributed by atoms with Crippen LogP contribution in [0.4, 0.5) is 10.1 Å². The van der Waals surface area contributed by atoms with Gasteiger partial charge in [-0.2, -0.15) is 0 Å². The Hall–Kier alpha value is -2.58. The number of nitrogens with zero attached hydrogens (tertiary/aromatic N) is 3. The molecule has 0 radical (unpaired) electrons. The second-order valence-electron chi connectivity index (χ2n) is 6.49. The molecule has 1 aliphatic rings. The van der Waals surface area contributed by atoms with Gasteiger partial charge in [-0.15, -0.1) is 0 Å². The molecule has 1 aromatic carbocycles. The molecule has 1 N–H and O–H groups in total. The molecule has 0 bridgehead atoms. The summed E-state index contributed by atoms with van der Waals surface area (Å²) in [6.45, 7) is 2.80. The van der Waals surface area contributed by atoms with Gasteiger partial charge in [0.05, 0.1) is 12.6 Å². The molecule has 0 aliphatic carbocycles. The molecule has 1 aromatic heterocycles. The number of halogens is 2. The number of anilines is 1. The summed E-state index contributed by atoms with van der Waals surface area (Å²) in [7, 11) is 0. The fourth-order valence-corrected chi connectivity index (χ4v) is 3.12. The molecule has 7 nitrogen and oxygen atoms in total. The van der Waals surface area contributed by atoms with Crippen LogP contribution in [0.1, 0.15) is 23.6 Å². The molecule has 1 unspecified atom stereocenters. The van der Waals surface area contributed by atoms with Gasteiger partial charge in [-0.3, -0.25) is 14.5 Å². The van der Waals surface area contributed by atoms with Crippen LogP contribution in [-0.4, -0.2) is 46.7 Å². The van der Waals surface area contributed by atoms with E-state index in [0.29, 0.717) is 30.9 Å². The van der Waals surface area contributed by atoms with E-state index in [-0.39, 0.29) is 6.04 Å². The number of aryl methyl sites for hydroxylation is 1. The summed E-state index contributed by atoms with van der Waals surface area (Å²) >= 11 is 5.47. The number of benzene rings is 1. The average molecular weight is 407 g/mol. The van der Waals surface area contributed by atoms with Gasteiger partial charge in [0.15, 0.2) is 0 Å². The minimum Gasteiger partial charge on any atom is -0.379 e. The first-order valence-electron chi connectivity index (χ1n) is 8.78. The van der Waals surface area contributed by atoms with E-state index in [2.05, 4.69) is 15.3 Å². The predicted octanol–water partition coefficient (Wildman–Crippen LogP) is 2.30. The van der Waals surface area contributed by atoms with Gasteiger partial charge in [0.25, 0.3) is 11.5 Å². The van der Waals surface area contributed by atoms with Gasteiger partial charge in [0.2, 0.25) is 5.91 Å². The lowest BCUT2D eigenvalue weighted by molar-refractivity contribution is -0.128. The zero-order valence-electron chi connectivity index (χ0n) is 15.2. The monoisotopic (exact) mass is 406 g/mol. The Morgan fingerprint density at radius 2 is 1.96 bits per heavy atom. The standard InChI is InChI=1S/C19H20ClFN4O3/c1-12-2-4-15(5-3-12)25(19(27)17(20)21)16(13-8-22-11-23-9-13)18(26)24-14-6-7-28-10-14/h2-5,8-9,11,14,16-17H,6-7,10H2,1H3,(H,24,26)/t14?,16-,17+/m1/s1. The van der Waals surface area contributed by atoms with Crippen LogP contribution < -0.4 is 10.2 Å². The van der Waals surface area contributed by atoms with E-state index in [4.69, 9.17) is 16.3 Å². The molecule has 3 atom stereocenters.